The van der Waals surface area contributed by atoms with Crippen LogP contribution in [0.1, 0.15) is 26.7 Å². The maximum atomic E-state index is 5.35. The highest BCUT2D eigenvalue weighted by molar-refractivity contribution is 5.31. The molecule has 0 aromatic carbocycles. The van der Waals surface area contributed by atoms with E-state index in [0.29, 0.717) is 5.92 Å². The van der Waals surface area contributed by atoms with Crippen LogP contribution in [-0.2, 0) is 9.47 Å². The Morgan fingerprint density at radius 2 is 1.92 bits per heavy atom. The largest absolute Gasteiger partial charge is 0.493 e. The van der Waals surface area contributed by atoms with Gasteiger partial charge in [0.25, 0.3) is 0 Å². The van der Waals surface area contributed by atoms with Gasteiger partial charge in [0.1, 0.15) is 0 Å². The molecule has 0 radical (unpaired) electrons. The average Bonchev–Trinajstić information content (AvgIpc) is 2.16. The third-order valence-electron chi connectivity index (χ3n) is 2.38. The van der Waals surface area contributed by atoms with E-state index in [-0.39, 0.29) is 0 Å². The quantitative estimate of drug-likeness (QED) is 0.668. The third-order valence-corrected chi connectivity index (χ3v) is 2.38. The Morgan fingerprint density at radius 1 is 1.23 bits per heavy atom. The second-order valence-corrected chi connectivity index (χ2v) is 3.52. The molecule has 0 bridgehead atoms. The van der Waals surface area contributed by atoms with Crippen molar-refractivity contribution >= 4 is 0 Å². The normalized spacial score (nSPS) is 17.5. The summed E-state index contributed by atoms with van der Waals surface area (Å²) in [5.41, 5.74) is 1.36. The maximum Gasteiger partial charge on any atom is 0.159 e. The van der Waals surface area contributed by atoms with Crippen LogP contribution in [-0.4, -0.2) is 14.2 Å². The predicted molar refractivity (Wildman–Crippen MR) is 53.2 cm³/mol. The summed E-state index contributed by atoms with van der Waals surface area (Å²) in [5, 5.41) is 0. The molecule has 0 spiro atoms. The van der Waals surface area contributed by atoms with Crippen LogP contribution in [0.2, 0.25) is 0 Å². The molecule has 2 nitrogen and oxygen atoms in total. The first-order valence-electron chi connectivity index (χ1n) is 4.72. The first-order valence-corrected chi connectivity index (χ1v) is 4.72. The van der Waals surface area contributed by atoms with E-state index in [1.807, 2.05) is 0 Å². The number of hydrogen-bond donors (Lipinski definition) is 0. The van der Waals surface area contributed by atoms with E-state index in [4.69, 9.17) is 9.47 Å². The maximum absolute atomic E-state index is 5.35. The summed E-state index contributed by atoms with van der Waals surface area (Å²) in [7, 11) is 3.39. The molecule has 0 saturated heterocycles. The fourth-order valence-electron chi connectivity index (χ4n) is 1.68. The van der Waals surface area contributed by atoms with Gasteiger partial charge in [0.15, 0.2) is 11.5 Å². The lowest BCUT2D eigenvalue weighted by Crippen LogP contribution is -2.09. The van der Waals surface area contributed by atoms with Gasteiger partial charge in [0, 0.05) is 0 Å². The number of methoxy groups -OCH3 is 2. The molecule has 13 heavy (non-hydrogen) atoms. The van der Waals surface area contributed by atoms with Crippen LogP contribution in [0.3, 0.4) is 0 Å². The van der Waals surface area contributed by atoms with E-state index in [2.05, 4.69) is 19.9 Å². The fourth-order valence-corrected chi connectivity index (χ4v) is 1.68. The van der Waals surface area contributed by atoms with Crippen LogP contribution in [0.4, 0.5) is 0 Å². The van der Waals surface area contributed by atoms with Crippen molar-refractivity contribution in [3.63, 3.8) is 0 Å². The van der Waals surface area contributed by atoms with Gasteiger partial charge in [-0.3, -0.25) is 0 Å². The molecular formula is C11H18O2. The van der Waals surface area contributed by atoms with E-state index in [1.165, 1.54) is 5.57 Å². The summed E-state index contributed by atoms with van der Waals surface area (Å²) in [6.45, 7) is 4.37. The number of ether oxygens (including phenoxy) is 2. The van der Waals surface area contributed by atoms with Crippen molar-refractivity contribution in [2.24, 2.45) is 5.92 Å². The van der Waals surface area contributed by atoms with Crippen molar-refractivity contribution in [3.8, 4) is 0 Å². The molecular weight excluding hydrogens is 164 g/mol. The SMILES string of the molecule is COC1=CCCC(C(C)C)=C1OC. The van der Waals surface area contributed by atoms with E-state index in [1.54, 1.807) is 14.2 Å². The molecule has 1 rings (SSSR count). The zero-order valence-corrected chi connectivity index (χ0v) is 8.89. The molecule has 0 saturated carbocycles. The molecule has 0 aromatic heterocycles. The number of allylic oxidation sites excluding steroid dienone is 2. The van der Waals surface area contributed by atoms with Gasteiger partial charge in [0.2, 0.25) is 0 Å². The molecule has 1 aliphatic rings. The molecule has 0 aromatic rings. The van der Waals surface area contributed by atoms with Crippen LogP contribution in [0.25, 0.3) is 0 Å². The zero-order valence-electron chi connectivity index (χ0n) is 8.89. The van der Waals surface area contributed by atoms with Crippen molar-refractivity contribution in [1.82, 2.24) is 0 Å². The summed E-state index contributed by atoms with van der Waals surface area (Å²) in [5.74, 6) is 2.36. The Morgan fingerprint density at radius 3 is 2.38 bits per heavy atom. The Balaban J connectivity index is 2.97. The van der Waals surface area contributed by atoms with Crippen molar-refractivity contribution < 1.29 is 9.47 Å². The van der Waals surface area contributed by atoms with E-state index in [9.17, 15) is 0 Å². The van der Waals surface area contributed by atoms with Gasteiger partial charge in [-0.1, -0.05) is 13.8 Å². The van der Waals surface area contributed by atoms with E-state index >= 15 is 0 Å². The Bertz CT molecular complexity index is 236. The number of rotatable bonds is 3. The highest BCUT2D eigenvalue weighted by Crippen LogP contribution is 2.30. The van der Waals surface area contributed by atoms with Gasteiger partial charge in [-0.15, -0.1) is 0 Å². The van der Waals surface area contributed by atoms with Crippen LogP contribution in [0, 0.1) is 5.92 Å². The van der Waals surface area contributed by atoms with Gasteiger partial charge in [-0.2, -0.15) is 0 Å². The van der Waals surface area contributed by atoms with Crippen LogP contribution < -0.4 is 0 Å². The minimum absolute atomic E-state index is 0.536. The molecule has 0 aliphatic heterocycles. The lowest BCUT2D eigenvalue weighted by molar-refractivity contribution is 0.209. The molecule has 0 unspecified atom stereocenters. The van der Waals surface area contributed by atoms with Gasteiger partial charge in [-0.25, -0.2) is 0 Å². The molecule has 0 atom stereocenters. The van der Waals surface area contributed by atoms with Gasteiger partial charge >= 0.3 is 0 Å². The second kappa shape index (κ2) is 4.35. The first-order chi connectivity index (χ1) is 6.20. The molecule has 0 N–H and O–H groups in total. The van der Waals surface area contributed by atoms with E-state index < -0.39 is 0 Å². The lowest BCUT2D eigenvalue weighted by Gasteiger charge is -2.22. The zero-order chi connectivity index (χ0) is 9.84. The molecule has 0 fully saturated rings. The monoisotopic (exact) mass is 182 g/mol. The average molecular weight is 182 g/mol. The highest BCUT2D eigenvalue weighted by Gasteiger charge is 2.19. The highest BCUT2D eigenvalue weighted by atomic mass is 16.5. The minimum atomic E-state index is 0.536. The summed E-state index contributed by atoms with van der Waals surface area (Å²) in [6, 6.07) is 0. The molecule has 74 valence electrons. The van der Waals surface area contributed by atoms with Crippen LogP contribution >= 0.6 is 0 Å². The molecule has 2 heteroatoms. The summed E-state index contributed by atoms with van der Waals surface area (Å²) < 4.78 is 10.6. The summed E-state index contributed by atoms with van der Waals surface area (Å²) in [6.07, 6.45) is 4.24. The van der Waals surface area contributed by atoms with Crippen molar-refractivity contribution in [2.45, 2.75) is 26.7 Å². The van der Waals surface area contributed by atoms with Crippen molar-refractivity contribution in [3.05, 3.63) is 23.2 Å². The van der Waals surface area contributed by atoms with Gasteiger partial charge in [-0.05, 0) is 30.4 Å². The Hall–Kier alpha value is -0.920. The Labute approximate surface area is 80.2 Å². The predicted octanol–water partition coefficient (Wildman–Crippen LogP) is 2.87. The Kier molecular flexibility index (Phi) is 3.40. The standard InChI is InChI=1S/C11H18O2/c1-8(2)9-6-5-7-10(12-3)11(9)13-4/h7-8H,5-6H2,1-4H3. The molecule has 1 aliphatic carbocycles. The van der Waals surface area contributed by atoms with Crippen molar-refractivity contribution in [1.29, 1.82) is 0 Å². The first kappa shape index (κ1) is 10.2. The van der Waals surface area contributed by atoms with E-state index in [0.717, 1.165) is 24.4 Å². The number of hydrogen-bond acceptors (Lipinski definition) is 2. The summed E-state index contributed by atoms with van der Waals surface area (Å²) >= 11 is 0. The van der Waals surface area contributed by atoms with Gasteiger partial charge in [0.05, 0.1) is 14.2 Å². The summed E-state index contributed by atoms with van der Waals surface area (Å²) in [4.78, 5) is 0. The second-order valence-electron chi connectivity index (χ2n) is 3.52. The minimum Gasteiger partial charge on any atom is -0.493 e. The topological polar surface area (TPSA) is 18.5 Å². The smallest absolute Gasteiger partial charge is 0.159 e. The third kappa shape index (κ3) is 2.06. The van der Waals surface area contributed by atoms with Crippen molar-refractivity contribution in [2.75, 3.05) is 14.2 Å². The van der Waals surface area contributed by atoms with Crippen LogP contribution in [0.15, 0.2) is 23.2 Å². The molecule has 0 amide bonds. The van der Waals surface area contributed by atoms with Gasteiger partial charge < -0.3 is 9.47 Å². The lowest BCUT2D eigenvalue weighted by atomic mass is 9.93. The fraction of sp³-hybridized carbons (Fsp3) is 0.636. The molecule has 0 heterocycles. The van der Waals surface area contributed by atoms with Crippen LogP contribution in [0.5, 0.6) is 0 Å².